The number of methoxy groups -OCH3 is 1. The van der Waals surface area contributed by atoms with Crippen LogP contribution in [0.3, 0.4) is 0 Å². The molecule has 3 aromatic rings. The van der Waals surface area contributed by atoms with Gasteiger partial charge in [0.1, 0.15) is 11.4 Å². The maximum absolute atomic E-state index is 12.9. The zero-order chi connectivity index (χ0) is 17.4. The van der Waals surface area contributed by atoms with Crippen LogP contribution >= 0.6 is 0 Å². The van der Waals surface area contributed by atoms with Crippen LogP contribution in [0.2, 0.25) is 0 Å². The molecule has 4 rings (SSSR count). The highest BCUT2D eigenvalue weighted by molar-refractivity contribution is 5.94. The topological polar surface area (TPSA) is 60.2 Å². The van der Waals surface area contributed by atoms with Gasteiger partial charge in [-0.25, -0.2) is 0 Å². The lowest BCUT2D eigenvalue weighted by Gasteiger charge is -2.14. The summed E-state index contributed by atoms with van der Waals surface area (Å²) in [6.45, 7) is 1.12. The molecule has 0 aliphatic carbocycles. The molecule has 0 fully saturated rings. The molecule has 0 saturated heterocycles. The quantitative estimate of drug-likeness (QED) is 0.739. The summed E-state index contributed by atoms with van der Waals surface area (Å²) in [6, 6.07) is 13.4. The Hall–Kier alpha value is -3.15. The molecule has 0 radical (unpaired) electrons. The fourth-order valence-corrected chi connectivity index (χ4v) is 3.10. The van der Waals surface area contributed by atoms with E-state index in [9.17, 15) is 4.79 Å². The largest absolute Gasteiger partial charge is 0.497 e. The molecule has 6 nitrogen and oxygen atoms in total. The summed E-state index contributed by atoms with van der Waals surface area (Å²) < 4.78 is 6.89. The third-order valence-corrected chi connectivity index (χ3v) is 4.44. The lowest BCUT2D eigenvalue weighted by molar-refractivity contribution is 0.0739. The van der Waals surface area contributed by atoms with E-state index in [0.29, 0.717) is 18.8 Å². The molecule has 0 saturated carbocycles. The van der Waals surface area contributed by atoms with Crippen molar-refractivity contribution in [1.82, 2.24) is 19.7 Å². The van der Waals surface area contributed by atoms with Crippen LogP contribution in [0.15, 0.2) is 48.7 Å². The van der Waals surface area contributed by atoms with E-state index in [1.807, 2.05) is 42.5 Å². The van der Waals surface area contributed by atoms with E-state index >= 15 is 0 Å². The summed E-state index contributed by atoms with van der Waals surface area (Å²) in [5, 5.41) is 4.50. The molecule has 0 N–H and O–H groups in total. The van der Waals surface area contributed by atoms with Crippen molar-refractivity contribution in [3.8, 4) is 17.0 Å². The fraction of sp³-hybridized carbons (Fsp3) is 0.211. The van der Waals surface area contributed by atoms with Crippen molar-refractivity contribution in [2.75, 3.05) is 7.11 Å². The second-order valence-electron chi connectivity index (χ2n) is 6.04. The summed E-state index contributed by atoms with van der Waals surface area (Å²) >= 11 is 0. The first-order chi connectivity index (χ1) is 12.2. The zero-order valence-corrected chi connectivity index (χ0v) is 14.1. The minimum atomic E-state index is -0.0397. The summed E-state index contributed by atoms with van der Waals surface area (Å²) in [5.74, 6) is 0.722. The van der Waals surface area contributed by atoms with Gasteiger partial charge in [0.2, 0.25) is 0 Å². The second kappa shape index (κ2) is 6.05. The van der Waals surface area contributed by atoms with E-state index in [2.05, 4.69) is 10.1 Å². The van der Waals surface area contributed by atoms with Gasteiger partial charge < -0.3 is 9.64 Å². The van der Waals surface area contributed by atoms with Gasteiger partial charge in [-0.2, -0.15) is 5.10 Å². The number of rotatable bonds is 3. The molecule has 25 heavy (non-hydrogen) atoms. The van der Waals surface area contributed by atoms with Gasteiger partial charge >= 0.3 is 0 Å². The third-order valence-electron chi connectivity index (χ3n) is 4.44. The number of pyridine rings is 1. The molecule has 1 aliphatic heterocycles. The van der Waals surface area contributed by atoms with Gasteiger partial charge in [-0.3, -0.25) is 14.5 Å². The predicted octanol–water partition coefficient (Wildman–Crippen LogP) is 2.65. The molecule has 0 spiro atoms. The molecule has 2 aromatic heterocycles. The molecular formula is C19H18N4O2. The molecule has 0 unspecified atom stereocenters. The number of aromatic nitrogens is 3. The van der Waals surface area contributed by atoms with E-state index in [1.165, 1.54) is 0 Å². The highest BCUT2D eigenvalue weighted by Crippen LogP contribution is 2.26. The Balaban J connectivity index is 1.61. The van der Waals surface area contributed by atoms with Gasteiger partial charge in [0.15, 0.2) is 0 Å². The van der Waals surface area contributed by atoms with Crippen molar-refractivity contribution in [2.45, 2.75) is 13.1 Å². The van der Waals surface area contributed by atoms with E-state index in [0.717, 1.165) is 28.3 Å². The molecule has 1 aromatic carbocycles. The molecule has 3 heterocycles. The highest BCUT2D eigenvalue weighted by Gasteiger charge is 2.27. The number of benzene rings is 1. The van der Waals surface area contributed by atoms with Crippen LogP contribution in [0.1, 0.15) is 21.7 Å². The minimum absolute atomic E-state index is 0.0397. The summed E-state index contributed by atoms with van der Waals surface area (Å²) in [6.07, 6.45) is 1.76. The van der Waals surface area contributed by atoms with Crippen LogP contribution < -0.4 is 4.74 Å². The minimum Gasteiger partial charge on any atom is -0.497 e. The van der Waals surface area contributed by atoms with Crippen molar-refractivity contribution < 1.29 is 9.53 Å². The van der Waals surface area contributed by atoms with Crippen molar-refractivity contribution >= 4 is 5.91 Å². The Kier molecular flexibility index (Phi) is 3.72. The molecule has 1 amide bonds. The summed E-state index contributed by atoms with van der Waals surface area (Å²) in [5.41, 5.74) is 4.29. The van der Waals surface area contributed by atoms with Gasteiger partial charge in [0.05, 0.1) is 25.0 Å². The Morgan fingerprint density at radius 2 is 2.04 bits per heavy atom. The third kappa shape index (κ3) is 2.76. The molecule has 0 atom stereocenters. The molecule has 126 valence electrons. The number of hydrogen-bond donors (Lipinski definition) is 0. The first-order valence-electron chi connectivity index (χ1n) is 8.06. The summed E-state index contributed by atoms with van der Waals surface area (Å²) in [7, 11) is 3.42. The molecule has 6 heteroatoms. The van der Waals surface area contributed by atoms with Crippen LogP contribution in [0, 0.1) is 0 Å². The first kappa shape index (κ1) is 15.4. The van der Waals surface area contributed by atoms with Gasteiger partial charge in [-0.15, -0.1) is 0 Å². The van der Waals surface area contributed by atoms with E-state index in [1.54, 1.807) is 29.9 Å². The Labute approximate surface area is 145 Å². The number of ether oxygens (including phenoxy) is 1. The van der Waals surface area contributed by atoms with Gasteiger partial charge in [-0.05, 0) is 29.8 Å². The fourth-order valence-electron chi connectivity index (χ4n) is 3.10. The van der Waals surface area contributed by atoms with Crippen LogP contribution in [0.25, 0.3) is 11.3 Å². The summed E-state index contributed by atoms with van der Waals surface area (Å²) in [4.78, 5) is 19.1. The van der Waals surface area contributed by atoms with E-state index in [-0.39, 0.29) is 5.91 Å². The smallest absolute Gasteiger partial charge is 0.272 e. The van der Waals surface area contributed by atoms with Crippen molar-refractivity contribution in [1.29, 1.82) is 0 Å². The SMILES string of the molecule is COc1cccc(-c2cc(C(=O)N3Cc4cccnc4C3)n(C)n2)c1. The lowest BCUT2D eigenvalue weighted by atomic mass is 10.1. The van der Waals surface area contributed by atoms with Crippen molar-refractivity contribution in [2.24, 2.45) is 7.05 Å². The average molecular weight is 334 g/mol. The second-order valence-corrected chi connectivity index (χ2v) is 6.04. The van der Waals surface area contributed by atoms with Crippen LogP contribution in [-0.2, 0) is 20.1 Å². The number of fused-ring (bicyclic) bond motifs is 1. The number of aryl methyl sites for hydroxylation is 1. The number of carbonyl (C=O) groups is 1. The maximum Gasteiger partial charge on any atom is 0.272 e. The van der Waals surface area contributed by atoms with Gasteiger partial charge in [0, 0.05) is 25.4 Å². The van der Waals surface area contributed by atoms with Crippen LogP contribution in [0.5, 0.6) is 5.75 Å². The van der Waals surface area contributed by atoms with Gasteiger partial charge in [0.25, 0.3) is 5.91 Å². The molecule has 0 bridgehead atoms. The number of amides is 1. The van der Waals surface area contributed by atoms with Crippen LogP contribution in [0.4, 0.5) is 0 Å². The van der Waals surface area contributed by atoms with E-state index < -0.39 is 0 Å². The first-order valence-corrected chi connectivity index (χ1v) is 8.06. The van der Waals surface area contributed by atoms with Gasteiger partial charge in [-0.1, -0.05) is 18.2 Å². The Bertz CT molecular complexity index is 923. The number of carbonyl (C=O) groups excluding carboxylic acids is 1. The Morgan fingerprint density at radius 1 is 1.16 bits per heavy atom. The number of nitrogens with zero attached hydrogens (tertiary/aromatic N) is 4. The van der Waals surface area contributed by atoms with Crippen LogP contribution in [-0.4, -0.2) is 32.7 Å². The average Bonchev–Trinajstić information content (AvgIpc) is 3.25. The lowest BCUT2D eigenvalue weighted by Crippen LogP contribution is -2.27. The van der Waals surface area contributed by atoms with Crippen molar-refractivity contribution in [3.05, 3.63) is 65.6 Å². The predicted molar refractivity (Wildman–Crippen MR) is 93.0 cm³/mol. The molecule has 1 aliphatic rings. The highest BCUT2D eigenvalue weighted by atomic mass is 16.5. The maximum atomic E-state index is 12.9. The normalized spacial score (nSPS) is 13.0. The monoisotopic (exact) mass is 334 g/mol. The zero-order valence-electron chi connectivity index (χ0n) is 14.1. The standard InChI is InChI=1S/C19H18N4O2/c1-22-18(10-16(21-22)13-5-3-7-15(9-13)25-2)19(24)23-11-14-6-4-8-20-17(14)12-23/h3-10H,11-12H2,1-2H3. The number of hydrogen-bond acceptors (Lipinski definition) is 4. The molecular weight excluding hydrogens is 316 g/mol. The van der Waals surface area contributed by atoms with E-state index in [4.69, 9.17) is 4.74 Å². The van der Waals surface area contributed by atoms with Crippen molar-refractivity contribution in [3.63, 3.8) is 0 Å². The Morgan fingerprint density at radius 3 is 2.84 bits per heavy atom.